The van der Waals surface area contributed by atoms with E-state index in [0.29, 0.717) is 23.7 Å². The summed E-state index contributed by atoms with van der Waals surface area (Å²) < 4.78 is 15.6. The van der Waals surface area contributed by atoms with Crippen LogP contribution >= 0.6 is 0 Å². The highest BCUT2D eigenvalue weighted by atomic mass is 19.1. The maximum atomic E-state index is 14.0. The van der Waals surface area contributed by atoms with Gasteiger partial charge in [-0.25, -0.2) is 9.37 Å². The van der Waals surface area contributed by atoms with Crippen molar-refractivity contribution in [2.75, 3.05) is 5.32 Å². The summed E-state index contributed by atoms with van der Waals surface area (Å²) in [6.45, 7) is 8.24. The molecule has 3 rings (SSSR count). The molecular weight excluding hydrogens is 359 g/mol. The van der Waals surface area contributed by atoms with Crippen LogP contribution in [0.5, 0.6) is 0 Å². The number of aliphatic hydroxyl groups excluding tert-OH is 1. The topological polar surface area (TPSA) is 80.0 Å². The summed E-state index contributed by atoms with van der Waals surface area (Å²) in [5.41, 5.74) is 1.33. The van der Waals surface area contributed by atoms with Gasteiger partial charge in [-0.15, -0.1) is 0 Å². The quantitative estimate of drug-likeness (QED) is 0.702. The van der Waals surface area contributed by atoms with Gasteiger partial charge < -0.3 is 10.4 Å². The maximum absolute atomic E-state index is 14.0. The Labute approximate surface area is 163 Å². The van der Waals surface area contributed by atoms with Crippen molar-refractivity contribution in [1.82, 2.24) is 14.5 Å². The normalized spacial score (nSPS) is 12.9. The molecule has 148 valence electrons. The Kier molecular flexibility index (Phi) is 5.47. The van der Waals surface area contributed by atoms with E-state index in [1.165, 1.54) is 12.1 Å². The molecule has 0 fully saturated rings. The van der Waals surface area contributed by atoms with E-state index in [1.54, 1.807) is 29.0 Å². The maximum Gasteiger partial charge on any atom is 0.252 e. The molecule has 0 bridgehead atoms. The van der Waals surface area contributed by atoms with Crippen molar-refractivity contribution in [3.8, 4) is 0 Å². The number of benzene rings is 1. The van der Waals surface area contributed by atoms with Crippen LogP contribution in [0.2, 0.25) is 0 Å². The number of nitrogens with one attached hydrogen (secondary N) is 1. The number of anilines is 1. The van der Waals surface area contributed by atoms with Gasteiger partial charge in [-0.2, -0.15) is 4.98 Å². The lowest BCUT2D eigenvalue weighted by Crippen LogP contribution is -2.27. The Morgan fingerprint density at radius 3 is 2.64 bits per heavy atom. The Morgan fingerprint density at radius 1 is 1.25 bits per heavy atom. The van der Waals surface area contributed by atoms with Crippen molar-refractivity contribution in [3.05, 3.63) is 63.8 Å². The van der Waals surface area contributed by atoms with Gasteiger partial charge in [0.15, 0.2) is 0 Å². The van der Waals surface area contributed by atoms with E-state index in [2.05, 4.69) is 36.1 Å². The first kappa shape index (κ1) is 19.9. The average molecular weight is 384 g/mol. The molecular formula is C21H25FN4O2. The van der Waals surface area contributed by atoms with Gasteiger partial charge in [-0.1, -0.05) is 32.9 Å². The number of aliphatic hydroxyl groups is 1. The van der Waals surface area contributed by atoms with Crippen molar-refractivity contribution >= 4 is 17.0 Å². The SMILES string of the molecule is CC(Nc1ncc2ccc(=O)n(CC(C)(C)C)c2n1)c1ccc(CO)c(F)c1. The van der Waals surface area contributed by atoms with Crippen molar-refractivity contribution in [2.45, 2.75) is 46.9 Å². The third kappa shape index (κ3) is 4.36. The molecule has 28 heavy (non-hydrogen) atoms. The lowest BCUT2D eigenvalue weighted by Gasteiger charge is -2.21. The lowest BCUT2D eigenvalue weighted by atomic mass is 9.97. The van der Waals surface area contributed by atoms with E-state index in [9.17, 15) is 9.18 Å². The highest BCUT2D eigenvalue weighted by Crippen LogP contribution is 2.22. The van der Waals surface area contributed by atoms with Gasteiger partial charge in [0.05, 0.1) is 12.6 Å². The predicted molar refractivity (Wildman–Crippen MR) is 108 cm³/mol. The van der Waals surface area contributed by atoms with E-state index in [-0.39, 0.29) is 29.2 Å². The summed E-state index contributed by atoms with van der Waals surface area (Å²) in [5.74, 6) is -0.0907. The zero-order chi connectivity index (χ0) is 20.5. The van der Waals surface area contributed by atoms with Gasteiger partial charge in [-0.05, 0) is 30.0 Å². The lowest BCUT2D eigenvalue weighted by molar-refractivity contribution is 0.275. The molecule has 1 aromatic carbocycles. The van der Waals surface area contributed by atoms with Crippen LogP contribution in [0.1, 0.15) is 44.9 Å². The Morgan fingerprint density at radius 2 is 2.00 bits per heavy atom. The number of halogens is 1. The molecule has 0 saturated heterocycles. The second-order valence-electron chi connectivity index (χ2n) is 8.17. The zero-order valence-electron chi connectivity index (χ0n) is 16.5. The average Bonchev–Trinajstić information content (AvgIpc) is 2.63. The molecule has 0 spiro atoms. The fraction of sp³-hybridized carbons (Fsp3) is 0.381. The number of rotatable bonds is 5. The summed E-state index contributed by atoms with van der Waals surface area (Å²) in [4.78, 5) is 21.3. The molecule has 0 aliphatic rings. The molecule has 0 radical (unpaired) electrons. The minimum atomic E-state index is -0.452. The van der Waals surface area contributed by atoms with E-state index in [4.69, 9.17) is 5.11 Å². The first-order chi connectivity index (χ1) is 13.2. The van der Waals surface area contributed by atoms with Crippen LogP contribution in [-0.4, -0.2) is 19.6 Å². The number of nitrogens with zero attached hydrogens (tertiary/aromatic N) is 3. The van der Waals surface area contributed by atoms with Crippen LogP contribution in [-0.2, 0) is 13.2 Å². The summed E-state index contributed by atoms with van der Waals surface area (Å²) in [6, 6.07) is 7.69. The third-order valence-corrected chi connectivity index (χ3v) is 4.45. The van der Waals surface area contributed by atoms with Crippen LogP contribution in [0, 0.1) is 11.2 Å². The number of aromatic nitrogens is 3. The standard InChI is InChI=1S/C21H25FN4O2/c1-13(14-5-6-16(11-27)17(22)9-14)24-20-23-10-15-7-8-18(28)26(19(15)25-20)12-21(2,3)4/h5-10,13,27H,11-12H2,1-4H3,(H,23,24,25). The second kappa shape index (κ2) is 7.67. The summed E-state index contributed by atoms with van der Waals surface area (Å²) in [7, 11) is 0. The minimum absolute atomic E-state index is 0.0874. The van der Waals surface area contributed by atoms with Crippen LogP contribution < -0.4 is 10.9 Å². The van der Waals surface area contributed by atoms with E-state index < -0.39 is 5.82 Å². The van der Waals surface area contributed by atoms with Crippen molar-refractivity contribution in [1.29, 1.82) is 0 Å². The number of pyridine rings is 1. The molecule has 0 amide bonds. The molecule has 2 aromatic heterocycles. The Balaban J connectivity index is 1.94. The summed E-state index contributed by atoms with van der Waals surface area (Å²) in [6.07, 6.45) is 1.67. The highest BCUT2D eigenvalue weighted by Gasteiger charge is 2.16. The van der Waals surface area contributed by atoms with Crippen LogP contribution in [0.25, 0.3) is 11.0 Å². The predicted octanol–water partition coefficient (Wildman–Crippen LogP) is 3.64. The molecule has 6 nitrogen and oxygen atoms in total. The van der Waals surface area contributed by atoms with E-state index in [1.807, 2.05) is 6.92 Å². The summed E-state index contributed by atoms with van der Waals surface area (Å²) in [5, 5.41) is 13.0. The minimum Gasteiger partial charge on any atom is -0.392 e. The number of hydrogen-bond acceptors (Lipinski definition) is 5. The Bertz CT molecular complexity index is 1060. The highest BCUT2D eigenvalue weighted by molar-refractivity contribution is 5.75. The molecule has 0 aliphatic heterocycles. The monoisotopic (exact) mass is 384 g/mol. The molecule has 2 heterocycles. The van der Waals surface area contributed by atoms with Crippen LogP contribution in [0.3, 0.4) is 0 Å². The second-order valence-corrected chi connectivity index (χ2v) is 8.17. The van der Waals surface area contributed by atoms with Gasteiger partial charge in [0, 0.05) is 29.8 Å². The first-order valence-corrected chi connectivity index (χ1v) is 9.20. The Hall–Kier alpha value is -2.80. The van der Waals surface area contributed by atoms with Gasteiger partial charge in [0.1, 0.15) is 11.5 Å². The van der Waals surface area contributed by atoms with E-state index in [0.717, 1.165) is 5.39 Å². The van der Waals surface area contributed by atoms with Crippen molar-refractivity contribution in [3.63, 3.8) is 0 Å². The smallest absolute Gasteiger partial charge is 0.252 e. The van der Waals surface area contributed by atoms with Crippen molar-refractivity contribution in [2.24, 2.45) is 5.41 Å². The first-order valence-electron chi connectivity index (χ1n) is 9.20. The van der Waals surface area contributed by atoms with Gasteiger partial charge in [-0.3, -0.25) is 9.36 Å². The fourth-order valence-electron chi connectivity index (χ4n) is 3.01. The van der Waals surface area contributed by atoms with Gasteiger partial charge in [0.2, 0.25) is 5.95 Å². The van der Waals surface area contributed by atoms with Gasteiger partial charge in [0.25, 0.3) is 5.56 Å². The third-order valence-electron chi connectivity index (χ3n) is 4.45. The molecule has 2 N–H and O–H groups in total. The largest absolute Gasteiger partial charge is 0.392 e. The molecule has 1 unspecified atom stereocenters. The van der Waals surface area contributed by atoms with E-state index >= 15 is 0 Å². The van der Waals surface area contributed by atoms with Gasteiger partial charge >= 0.3 is 0 Å². The number of hydrogen-bond donors (Lipinski definition) is 2. The molecule has 7 heteroatoms. The molecule has 1 atom stereocenters. The van der Waals surface area contributed by atoms with Crippen molar-refractivity contribution < 1.29 is 9.50 Å². The molecule has 3 aromatic rings. The molecule has 0 saturated carbocycles. The fourth-order valence-corrected chi connectivity index (χ4v) is 3.01. The van der Waals surface area contributed by atoms with Crippen LogP contribution in [0.4, 0.5) is 10.3 Å². The molecule has 0 aliphatic carbocycles. The number of fused-ring (bicyclic) bond motifs is 1. The summed E-state index contributed by atoms with van der Waals surface area (Å²) >= 11 is 0. The zero-order valence-corrected chi connectivity index (χ0v) is 16.5. The van der Waals surface area contributed by atoms with Crippen LogP contribution in [0.15, 0.2) is 41.3 Å².